The molecule has 0 fully saturated rings. The predicted molar refractivity (Wildman–Crippen MR) is 123 cm³/mol. The summed E-state index contributed by atoms with van der Waals surface area (Å²) in [5.41, 5.74) is -0.170. The minimum atomic E-state index is -1.74. The molecular weight excluding hydrogens is 501 g/mol. The van der Waals surface area contributed by atoms with Crippen molar-refractivity contribution in [3.05, 3.63) is 97.8 Å². The van der Waals surface area contributed by atoms with E-state index in [9.17, 15) is 29.3 Å². The average molecular weight is 514 g/mol. The van der Waals surface area contributed by atoms with Crippen LogP contribution in [-0.4, -0.2) is 33.4 Å². The summed E-state index contributed by atoms with van der Waals surface area (Å²) in [5, 5.41) is 12.6. The first-order chi connectivity index (χ1) is 16.7. The molecule has 0 aliphatic carbocycles. The van der Waals surface area contributed by atoms with E-state index in [1.54, 1.807) is 12.1 Å². The highest BCUT2D eigenvalue weighted by Gasteiger charge is 2.46. The number of ketones is 2. The van der Waals surface area contributed by atoms with Crippen LogP contribution in [0.3, 0.4) is 0 Å². The molecule has 2 atom stereocenters. The summed E-state index contributed by atoms with van der Waals surface area (Å²) in [6, 6.07) is 10.8. The summed E-state index contributed by atoms with van der Waals surface area (Å²) < 4.78 is 5.34. The van der Waals surface area contributed by atoms with Gasteiger partial charge in [-0.05, 0) is 18.2 Å². The van der Waals surface area contributed by atoms with Crippen LogP contribution in [0.15, 0.2) is 60.9 Å². The minimum absolute atomic E-state index is 0.0676. The van der Waals surface area contributed by atoms with E-state index < -0.39 is 46.1 Å². The Morgan fingerprint density at radius 1 is 1.06 bits per heavy atom. The summed E-state index contributed by atoms with van der Waals surface area (Å²) >= 11 is 12.0. The number of nitrogens with one attached hydrogen (secondary N) is 1. The van der Waals surface area contributed by atoms with Crippen molar-refractivity contribution in [3.63, 3.8) is 0 Å². The van der Waals surface area contributed by atoms with Crippen LogP contribution in [0.2, 0.25) is 10.0 Å². The van der Waals surface area contributed by atoms with Gasteiger partial charge in [0.2, 0.25) is 5.78 Å². The van der Waals surface area contributed by atoms with Gasteiger partial charge in [0.05, 0.1) is 26.2 Å². The first kappa shape index (κ1) is 24.0. The summed E-state index contributed by atoms with van der Waals surface area (Å²) in [7, 11) is 0. The number of ether oxygens (including phenoxy) is 1. The SMILES string of the molecule is O=C(Nc1c(Cl)cc([N+](=O)[O-])cc1Cl)C(=O)[C@H](C(=O)c1ccncc1)[C@@H]1OC(=O)c2ccccc21. The molecule has 10 nitrogen and oxygen atoms in total. The van der Waals surface area contributed by atoms with Gasteiger partial charge in [0, 0.05) is 35.7 Å². The van der Waals surface area contributed by atoms with Gasteiger partial charge in [-0.1, -0.05) is 41.4 Å². The molecule has 1 aliphatic rings. The number of cyclic esters (lactones) is 1. The topological polar surface area (TPSA) is 146 Å². The lowest BCUT2D eigenvalue weighted by Gasteiger charge is -2.21. The molecule has 3 aromatic rings. The predicted octanol–water partition coefficient (Wildman–Crippen LogP) is 4.22. The molecular formula is C23H13Cl2N3O7. The maximum Gasteiger partial charge on any atom is 0.339 e. The zero-order chi connectivity index (χ0) is 25.3. The second-order valence-electron chi connectivity index (χ2n) is 7.35. The van der Waals surface area contributed by atoms with Crippen LogP contribution in [0.25, 0.3) is 0 Å². The average Bonchev–Trinajstić information content (AvgIpc) is 3.17. The standard InChI is InChI=1S/C23H13Cl2N3O7/c24-15-9-12(28(33)34)10-16(25)18(15)27-22(31)20(30)17(19(29)11-5-7-26-8-6-11)21-13-3-1-2-4-14(13)23(32)35-21/h1-10,17,21H,(H,27,31)/t17-,21+/m0/s1. The first-order valence-electron chi connectivity index (χ1n) is 9.91. The molecule has 0 saturated carbocycles. The molecule has 1 aromatic heterocycles. The van der Waals surface area contributed by atoms with Crippen molar-refractivity contribution in [2.45, 2.75) is 6.10 Å². The molecule has 0 radical (unpaired) electrons. The first-order valence-corrected chi connectivity index (χ1v) is 10.7. The van der Waals surface area contributed by atoms with Gasteiger partial charge < -0.3 is 10.1 Å². The van der Waals surface area contributed by atoms with Crippen LogP contribution in [0.1, 0.15) is 32.4 Å². The van der Waals surface area contributed by atoms with Crippen molar-refractivity contribution in [1.82, 2.24) is 4.98 Å². The largest absolute Gasteiger partial charge is 0.453 e. The lowest BCUT2D eigenvalue weighted by Crippen LogP contribution is -2.38. The Hall–Kier alpha value is -4.15. The number of benzene rings is 2. The fourth-order valence-corrected chi connectivity index (χ4v) is 4.18. The number of hydrogen-bond donors (Lipinski definition) is 1. The number of nitrogens with zero attached hydrogens (tertiary/aromatic N) is 2. The highest BCUT2D eigenvalue weighted by molar-refractivity contribution is 6.48. The lowest BCUT2D eigenvalue weighted by molar-refractivity contribution is -0.384. The fraction of sp³-hybridized carbons (Fsp3) is 0.0870. The number of fused-ring (bicyclic) bond motifs is 1. The number of nitro groups is 1. The highest BCUT2D eigenvalue weighted by Crippen LogP contribution is 2.39. The lowest BCUT2D eigenvalue weighted by atomic mass is 9.85. The zero-order valence-corrected chi connectivity index (χ0v) is 18.9. The Kier molecular flexibility index (Phi) is 6.59. The summed E-state index contributed by atoms with van der Waals surface area (Å²) in [6.07, 6.45) is 1.31. The summed E-state index contributed by atoms with van der Waals surface area (Å²) in [6.45, 7) is 0. The molecule has 2 aromatic carbocycles. The van der Waals surface area contributed by atoms with Gasteiger partial charge in [-0.3, -0.25) is 29.5 Å². The number of esters is 1. The van der Waals surface area contributed by atoms with Crippen molar-refractivity contribution in [2.75, 3.05) is 5.32 Å². The number of amides is 1. The smallest absolute Gasteiger partial charge is 0.339 e. The van der Waals surface area contributed by atoms with Crippen LogP contribution < -0.4 is 5.32 Å². The van der Waals surface area contributed by atoms with Crippen molar-refractivity contribution < 1.29 is 28.8 Å². The number of aromatic nitrogens is 1. The minimum Gasteiger partial charge on any atom is -0.453 e. The van der Waals surface area contributed by atoms with E-state index in [1.165, 1.54) is 36.7 Å². The second kappa shape index (κ2) is 9.61. The molecule has 176 valence electrons. The second-order valence-corrected chi connectivity index (χ2v) is 8.17. The zero-order valence-electron chi connectivity index (χ0n) is 17.4. The van der Waals surface area contributed by atoms with Crippen molar-refractivity contribution >= 4 is 58.0 Å². The van der Waals surface area contributed by atoms with Gasteiger partial charge >= 0.3 is 5.97 Å². The molecule has 0 unspecified atom stereocenters. The van der Waals surface area contributed by atoms with E-state index in [0.717, 1.165) is 12.1 Å². The number of carbonyl (C=O) groups is 4. The van der Waals surface area contributed by atoms with Gasteiger partial charge in [-0.15, -0.1) is 0 Å². The molecule has 2 heterocycles. The fourth-order valence-electron chi connectivity index (χ4n) is 3.61. The quantitative estimate of drug-likeness (QED) is 0.123. The van der Waals surface area contributed by atoms with Gasteiger partial charge in [-0.2, -0.15) is 0 Å². The number of non-ortho nitro benzene ring substituents is 1. The van der Waals surface area contributed by atoms with E-state index in [1.807, 2.05) is 0 Å². The highest BCUT2D eigenvalue weighted by atomic mass is 35.5. The van der Waals surface area contributed by atoms with Gasteiger partial charge in [0.15, 0.2) is 5.78 Å². The van der Waals surface area contributed by atoms with E-state index >= 15 is 0 Å². The van der Waals surface area contributed by atoms with Crippen LogP contribution >= 0.6 is 23.2 Å². The third kappa shape index (κ3) is 4.61. The molecule has 35 heavy (non-hydrogen) atoms. The molecule has 12 heteroatoms. The molecule has 1 amide bonds. The Morgan fingerprint density at radius 2 is 1.69 bits per heavy atom. The number of halogens is 2. The van der Waals surface area contributed by atoms with Crippen molar-refractivity contribution in [3.8, 4) is 0 Å². The number of anilines is 1. The van der Waals surface area contributed by atoms with Crippen molar-refractivity contribution in [1.29, 1.82) is 0 Å². The van der Waals surface area contributed by atoms with Crippen LogP contribution in [-0.2, 0) is 14.3 Å². The maximum atomic E-state index is 13.4. The third-order valence-corrected chi connectivity index (χ3v) is 5.85. The van der Waals surface area contributed by atoms with Gasteiger partial charge in [0.25, 0.3) is 11.6 Å². The number of Topliss-reactive ketones (excluding diaryl/α,β-unsaturated/α-hetero) is 2. The Morgan fingerprint density at radius 3 is 2.31 bits per heavy atom. The Bertz CT molecular complexity index is 1370. The van der Waals surface area contributed by atoms with Crippen LogP contribution in [0.5, 0.6) is 0 Å². The van der Waals surface area contributed by atoms with E-state index in [4.69, 9.17) is 27.9 Å². The van der Waals surface area contributed by atoms with Crippen LogP contribution in [0.4, 0.5) is 11.4 Å². The molecule has 0 bridgehead atoms. The number of nitro benzene ring substituents is 1. The van der Waals surface area contributed by atoms with E-state index in [0.29, 0.717) is 0 Å². The molecule has 4 rings (SSSR count). The van der Waals surface area contributed by atoms with Gasteiger partial charge in [0.1, 0.15) is 12.0 Å². The summed E-state index contributed by atoms with van der Waals surface area (Å²) in [4.78, 5) is 66.1. The van der Waals surface area contributed by atoms with Crippen LogP contribution in [0, 0.1) is 16.0 Å². The maximum absolute atomic E-state index is 13.4. The number of rotatable bonds is 7. The Labute approximate surface area is 207 Å². The summed E-state index contributed by atoms with van der Waals surface area (Å²) in [5.74, 6) is -5.77. The molecule has 1 N–H and O–H groups in total. The molecule has 0 saturated heterocycles. The van der Waals surface area contributed by atoms with Gasteiger partial charge in [-0.25, -0.2) is 4.79 Å². The third-order valence-electron chi connectivity index (χ3n) is 5.25. The number of carbonyl (C=O) groups excluding carboxylic acids is 4. The van der Waals surface area contributed by atoms with E-state index in [2.05, 4.69) is 10.3 Å². The number of pyridine rings is 1. The molecule has 1 aliphatic heterocycles. The number of hydrogen-bond acceptors (Lipinski definition) is 8. The van der Waals surface area contributed by atoms with Crippen molar-refractivity contribution in [2.24, 2.45) is 5.92 Å². The molecule has 0 spiro atoms. The Balaban J connectivity index is 1.71. The van der Waals surface area contributed by atoms with E-state index in [-0.39, 0.29) is 32.4 Å². The normalized spacial score (nSPS) is 15.0. The monoisotopic (exact) mass is 513 g/mol.